The highest BCUT2D eigenvalue weighted by Crippen LogP contribution is 2.35. The molecule has 17 amide bonds. The smallest absolute Gasteiger partial charge is 0.323 e. The Morgan fingerprint density at radius 1 is 0.215 bits per heavy atom. The number of carboxylic acids is 7. The van der Waals surface area contributed by atoms with E-state index >= 15 is 0 Å². The number of hydrogen-bond donors (Lipinski definition) is 20. The van der Waals surface area contributed by atoms with Crippen LogP contribution in [0.2, 0.25) is 0 Å². The number of hydrogen-bond acceptors (Lipinski definition) is 37. The fourth-order valence-electron chi connectivity index (χ4n) is 11.2. The van der Waals surface area contributed by atoms with Gasteiger partial charge in [-0.3, -0.25) is 153 Å². The van der Waals surface area contributed by atoms with E-state index in [2.05, 4.69) is 53.2 Å². The van der Waals surface area contributed by atoms with Crippen LogP contribution in [-0.2, 0) is 163 Å². The predicted octanol–water partition coefficient (Wildman–Crippen LogP) is -13.6. The van der Waals surface area contributed by atoms with Gasteiger partial charge < -0.3 is 150 Å². The molecule has 0 aliphatic carbocycles. The average Bonchev–Trinajstić information content (AvgIpc) is 0.861. The molecule has 61 nitrogen and oxygen atoms in total. The molecule has 802 valence electrons. The maximum Gasteiger partial charge on any atom is 0.323 e. The van der Waals surface area contributed by atoms with E-state index in [-0.39, 0.29) is 114 Å². The molecule has 0 rings (SSSR count). The van der Waals surface area contributed by atoms with Gasteiger partial charge in [0.1, 0.15) is 58.4 Å². The lowest BCUT2D eigenvalue weighted by molar-refractivity contribution is -0.146. The Kier molecular flexibility index (Phi) is 68.6. The molecule has 23 N–H and O–H groups in total. The second-order valence-corrected chi connectivity index (χ2v) is 31.1. The van der Waals surface area contributed by atoms with Crippen LogP contribution in [-0.4, -0.2) is 448 Å². The van der Waals surface area contributed by atoms with Gasteiger partial charge in [0.15, 0.2) is 46.3 Å². The highest BCUT2D eigenvalue weighted by Gasteiger charge is 2.32. The van der Waals surface area contributed by atoms with Crippen LogP contribution in [0.4, 0.5) is 0 Å². The first-order valence-corrected chi connectivity index (χ1v) is 43.8. The molecular formula is C83H124N20O41. The molecule has 0 atom stereocenters. The SMILES string of the molecule is CCC(=O)NCC(=O)CCC(C)(CCC(=O)CNC(=O)CC)CCC(=O)CNC(=O)CCC(=O)CN(CC(=O)O)C(=O)CNC(=O)CCC(=O)CN(CC(=O)O)C(=O)CNC(=O)CCC(=O)CN(CC(=O)O)C(=O)CNC(=O)CN.NCC(=O)NCC(=O)N(CC(=O)O)CC(=O)CCC(=O)NCC(=O)N(CC=O)CC(=O)O.NCC(=O)NCC(=O)N(CC(=O)O)CC(=O)CCC(=O)NCC(=O)N(CC=O)CC(=O)O. The molecule has 0 unspecified atom stereocenters. The fraction of sp³-hybridized carbons (Fsp3) is 0.590. The number of Topliss-reactive ketones (excluding diaryl/α,β-unsaturated/α-hetero) is 8. The molecule has 0 bridgehead atoms. The largest absolute Gasteiger partial charge is 0.480 e. The van der Waals surface area contributed by atoms with Crippen LogP contribution in [0.15, 0.2) is 0 Å². The lowest BCUT2D eigenvalue weighted by Crippen LogP contribution is -2.46. The lowest BCUT2D eigenvalue weighted by atomic mass is 9.76. The summed E-state index contributed by atoms with van der Waals surface area (Å²) < 4.78 is 0. The van der Waals surface area contributed by atoms with E-state index in [0.29, 0.717) is 46.9 Å². The van der Waals surface area contributed by atoms with Crippen molar-refractivity contribution in [1.82, 2.24) is 87.5 Å². The van der Waals surface area contributed by atoms with Crippen molar-refractivity contribution in [3.05, 3.63) is 0 Å². The van der Waals surface area contributed by atoms with E-state index in [1.54, 1.807) is 20.8 Å². The van der Waals surface area contributed by atoms with Gasteiger partial charge >= 0.3 is 41.8 Å². The van der Waals surface area contributed by atoms with Crippen molar-refractivity contribution in [2.75, 3.05) is 177 Å². The Balaban J connectivity index is -0.00000252. The molecule has 144 heavy (non-hydrogen) atoms. The number of amides is 17. The van der Waals surface area contributed by atoms with Crippen LogP contribution in [0.5, 0.6) is 0 Å². The van der Waals surface area contributed by atoms with Crippen LogP contribution in [0, 0.1) is 5.41 Å². The summed E-state index contributed by atoms with van der Waals surface area (Å²) >= 11 is 0. The van der Waals surface area contributed by atoms with Gasteiger partial charge in [0.25, 0.3) is 0 Å². The Bertz CT molecular complexity index is 4460. The molecule has 0 saturated carbocycles. The minimum Gasteiger partial charge on any atom is -0.480 e. The highest BCUT2D eigenvalue weighted by molar-refractivity contribution is 6.00. The zero-order valence-electron chi connectivity index (χ0n) is 79.3. The number of carboxylic acid groups (broad SMARTS) is 7. The van der Waals surface area contributed by atoms with Gasteiger partial charge in [-0.25, -0.2) is 0 Å². The predicted molar refractivity (Wildman–Crippen MR) is 482 cm³/mol. The molecule has 0 aromatic heterocycles. The zero-order valence-corrected chi connectivity index (χ0v) is 79.3. The lowest BCUT2D eigenvalue weighted by Gasteiger charge is -2.29. The van der Waals surface area contributed by atoms with Crippen molar-refractivity contribution in [2.24, 2.45) is 22.6 Å². The summed E-state index contributed by atoms with van der Waals surface area (Å²) in [6, 6.07) is 0. The maximum absolute atomic E-state index is 12.9. The van der Waals surface area contributed by atoms with Gasteiger partial charge in [0, 0.05) is 96.3 Å². The fourth-order valence-corrected chi connectivity index (χ4v) is 11.2. The first kappa shape index (κ1) is 132. The number of carbonyl (C=O) groups excluding carboxylic acids is 27. The van der Waals surface area contributed by atoms with Gasteiger partial charge in [-0.2, -0.15) is 0 Å². The van der Waals surface area contributed by atoms with Crippen LogP contribution < -0.4 is 70.4 Å². The topological polar surface area (TPSA) is 943 Å². The third-order valence-electron chi connectivity index (χ3n) is 19.1. The average molecular weight is 2060 g/mol. The number of nitrogens with zero attached hydrogens (tertiary/aromatic N) is 7. The summed E-state index contributed by atoms with van der Waals surface area (Å²) in [7, 11) is 0. The standard InChI is InChI=1S/C49H74N10O21.2C17H25N5O10/c1-4-37(66)51-19-31(60)12-15-49(3,16-13-32(61)20-52-38(67)5-2)17-14-33(62)21-53-39(68)9-6-34(63)25-57(28-46(75)76)43(72)22-54-40(69)10-7-35(64)26-58(29-47(77)78)44(73)23-55-41(70)11-8-36(65)27-59(30-48(79)80)45(74)24-56-42(71)18-50;2*18-5-13(26)20-7-15(28)22(10-17(31)32)8-11(24)1-2-12(25)19-6-14(27)21(3-4-23)9-16(29)30/h4-30,50H2,1-3H3,(H,51,66)(H,52,67)(H,53,68)(H,54,69)(H,55,70)(H,56,71)(H,75,76)(H,77,78)(H,79,80);2*4H,1-3,5-10,18H2,(H,19,25)(H,20,26)(H,29,30)(H,31,32). The molecule has 0 heterocycles. The van der Waals surface area contributed by atoms with Crippen molar-refractivity contribution >= 4 is 201 Å². The number of rotatable bonds is 77. The monoisotopic (exact) mass is 2060 g/mol. The number of nitrogens with two attached hydrogens (primary N) is 3. The summed E-state index contributed by atoms with van der Waals surface area (Å²) in [5.74, 6) is -27.7. The van der Waals surface area contributed by atoms with Gasteiger partial charge in [0.2, 0.25) is 100 Å². The molecule has 0 aromatic carbocycles. The minimum absolute atomic E-state index is 0.0435. The Hall–Kier alpha value is -16.1. The van der Waals surface area contributed by atoms with Gasteiger partial charge in [-0.15, -0.1) is 0 Å². The summed E-state index contributed by atoms with van der Waals surface area (Å²) in [4.78, 5) is 406. The maximum atomic E-state index is 12.9. The Morgan fingerprint density at radius 2 is 0.375 bits per heavy atom. The molecular weight excluding hydrogens is 1930 g/mol. The second kappa shape index (κ2) is 74.8. The van der Waals surface area contributed by atoms with E-state index in [9.17, 15) is 173 Å². The quantitative estimate of drug-likeness (QED) is 0.0251. The third kappa shape index (κ3) is 68.8. The zero-order chi connectivity index (χ0) is 110. The summed E-state index contributed by atoms with van der Waals surface area (Å²) in [6.45, 7) is -12.2. The number of aldehydes is 2. The Morgan fingerprint density at radius 3 is 0.542 bits per heavy atom. The third-order valence-corrected chi connectivity index (χ3v) is 19.1. The summed E-state index contributed by atoms with van der Waals surface area (Å²) in [6.07, 6.45) is -3.01. The van der Waals surface area contributed by atoms with Crippen LogP contribution >= 0.6 is 0 Å². The molecule has 0 saturated heterocycles. The molecule has 0 aliphatic rings. The number of nitrogens with one attached hydrogen (secondary N) is 10. The molecule has 0 aliphatic heterocycles. The van der Waals surface area contributed by atoms with Gasteiger partial charge in [-0.1, -0.05) is 20.8 Å². The minimum atomic E-state index is -1.56. The van der Waals surface area contributed by atoms with Crippen molar-refractivity contribution < 1.29 is 199 Å². The van der Waals surface area contributed by atoms with Gasteiger partial charge in [-0.05, 0) is 24.7 Å². The first-order chi connectivity index (χ1) is 67.5. The van der Waals surface area contributed by atoms with Crippen LogP contribution in [0.25, 0.3) is 0 Å². The number of ketones is 8. The van der Waals surface area contributed by atoms with E-state index in [1.165, 1.54) is 0 Å². The van der Waals surface area contributed by atoms with E-state index in [0.717, 1.165) is 0 Å². The van der Waals surface area contributed by atoms with E-state index in [1.807, 2.05) is 0 Å². The van der Waals surface area contributed by atoms with Crippen molar-refractivity contribution in [3.8, 4) is 0 Å². The number of carbonyl (C=O) groups is 34. The molecule has 0 radical (unpaired) electrons. The van der Waals surface area contributed by atoms with Crippen LogP contribution in [0.1, 0.15) is 136 Å². The first-order valence-electron chi connectivity index (χ1n) is 43.8. The molecule has 0 aromatic rings. The molecule has 0 spiro atoms. The second-order valence-electron chi connectivity index (χ2n) is 31.1. The van der Waals surface area contributed by atoms with Crippen molar-refractivity contribution in [3.63, 3.8) is 0 Å². The van der Waals surface area contributed by atoms with E-state index in [4.69, 9.17) is 42.7 Å². The number of aliphatic carboxylic acids is 7. The van der Waals surface area contributed by atoms with Gasteiger partial charge in [0.05, 0.1) is 131 Å². The molecule has 61 heteroatoms. The summed E-state index contributed by atoms with van der Waals surface area (Å²) in [5, 5.41) is 85.3. The Labute approximate surface area is 820 Å². The van der Waals surface area contributed by atoms with Crippen molar-refractivity contribution in [2.45, 2.75) is 136 Å². The summed E-state index contributed by atoms with van der Waals surface area (Å²) in [5.41, 5.74) is 14.6. The molecule has 0 fully saturated rings. The van der Waals surface area contributed by atoms with Crippen molar-refractivity contribution in [1.29, 1.82) is 0 Å². The van der Waals surface area contributed by atoms with E-state index < -0.39 is 372 Å². The normalized spacial score (nSPS) is 10.3. The van der Waals surface area contributed by atoms with Crippen LogP contribution in [0.3, 0.4) is 0 Å². The highest BCUT2D eigenvalue weighted by atomic mass is 16.4.